The highest BCUT2D eigenvalue weighted by Crippen LogP contribution is 2.17. The van der Waals surface area contributed by atoms with Crippen molar-refractivity contribution in [2.75, 3.05) is 6.61 Å². The molecule has 2 amide bonds. The van der Waals surface area contributed by atoms with Crippen molar-refractivity contribution in [1.29, 1.82) is 0 Å². The number of hydrogen-bond acceptors (Lipinski definition) is 6. The zero-order chi connectivity index (χ0) is 21.2. The minimum absolute atomic E-state index is 0.147. The van der Waals surface area contributed by atoms with Crippen LogP contribution in [0.15, 0.2) is 48.5 Å². The van der Waals surface area contributed by atoms with Crippen LogP contribution in [0.1, 0.15) is 40.5 Å². The van der Waals surface area contributed by atoms with Crippen molar-refractivity contribution in [1.82, 2.24) is 16.2 Å². The molecule has 0 saturated carbocycles. The fourth-order valence-corrected chi connectivity index (χ4v) is 2.39. The van der Waals surface area contributed by atoms with Crippen molar-refractivity contribution in [3.8, 4) is 5.75 Å². The largest absolute Gasteiger partial charge is 0.494 e. The second-order valence-corrected chi connectivity index (χ2v) is 6.27. The molecule has 0 heterocycles. The predicted octanol–water partition coefficient (Wildman–Crippen LogP) is 2.72. The van der Waals surface area contributed by atoms with Gasteiger partial charge >= 0.3 is 0 Å². The number of benzene rings is 2. The Labute approximate surface area is 172 Å². The van der Waals surface area contributed by atoms with E-state index in [2.05, 4.69) is 23.1 Å². The van der Waals surface area contributed by atoms with Crippen LogP contribution >= 0.6 is 12.2 Å². The second-order valence-electron chi connectivity index (χ2n) is 5.86. The van der Waals surface area contributed by atoms with E-state index in [4.69, 9.17) is 17.0 Å². The normalized spacial score (nSPS) is 9.97. The van der Waals surface area contributed by atoms with Gasteiger partial charge < -0.3 is 4.74 Å². The molecule has 0 unspecified atom stereocenters. The summed E-state index contributed by atoms with van der Waals surface area (Å²) >= 11 is 4.94. The highest BCUT2D eigenvalue weighted by Gasteiger charge is 2.20. The second kappa shape index (κ2) is 10.7. The number of nitro groups is 1. The van der Waals surface area contributed by atoms with E-state index in [0.29, 0.717) is 17.9 Å². The lowest BCUT2D eigenvalue weighted by atomic mass is 10.1. The molecule has 29 heavy (non-hydrogen) atoms. The van der Waals surface area contributed by atoms with Gasteiger partial charge in [0.05, 0.1) is 11.5 Å². The molecule has 0 atom stereocenters. The van der Waals surface area contributed by atoms with E-state index in [1.54, 1.807) is 24.3 Å². The molecule has 2 aromatic carbocycles. The molecule has 0 aliphatic rings. The van der Waals surface area contributed by atoms with Crippen molar-refractivity contribution in [2.24, 2.45) is 0 Å². The lowest BCUT2D eigenvalue weighted by Gasteiger charge is -2.11. The van der Waals surface area contributed by atoms with E-state index in [1.807, 2.05) is 0 Å². The Kier molecular flexibility index (Phi) is 8.04. The van der Waals surface area contributed by atoms with Crippen molar-refractivity contribution in [3.05, 3.63) is 69.8 Å². The van der Waals surface area contributed by atoms with Gasteiger partial charge in [-0.2, -0.15) is 0 Å². The first-order chi connectivity index (χ1) is 13.9. The van der Waals surface area contributed by atoms with Crippen LogP contribution in [0.3, 0.4) is 0 Å². The van der Waals surface area contributed by atoms with Gasteiger partial charge in [-0.05, 0) is 49.0 Å². The number of thiocarbonyl (C=S) groups is 1. The average Bonchev–Trinajstić information content (AvgIpc) is 2.72. The molecule has 3 N–H and O–H groups in total. The number of unbranched alkanes of at least 4 members (excludes halogenated alkanes) is 1. The fourth-order valence-electron chi connectivity index (χ4n) is 2.25. The first-order valence-corrected chi connectivity index (χ1v) is 9.21. The minimum atomic E-state index is -0.766. The van der Waals surface area contributed by atoms with Gasteiger partial charge in [-0.25, -0.2) is 0 Å². The molecule has 0 bridgehead atoms. The van der Waals surface area contributed by atoms with Gasteiger partial charge in [0.15, 0.2) is 5.11 Å². The number of carbonyl (C=O) groups excluding carboxylic acids is 2. The quantitative estimate of drug-likeness (QED) is 0.274. The Bertz CT molecular complexity index is 902. The van der Waals surface area contributed by atoms with Gasteiger partial charge in [-0.15, -0.1) is 0 Å². The number of ether oxygens (including phenoxy) is 1. The maximum absolute atomic E-state index is 12.2. The van der Waals surface area contributed by atoms with Crippen molar-refractivity contribution < 1.29 is 19.2 Å². The number of para-hydroxylation sites is 1. The van der Waals surface area contributed by atoms with Crippen LogP contribution in [0.5, 0.6) is 5.75 Å². The zero-order valence-corrected chi connectivity index (χ0v) is 16.5. The lowest BCUT2D eigenvalue weighted by molar-refractivity contribution is -0.385. The summed E-state index contributed by atoms with van der Waals surface area (Å²) in [5.41, 5.74) is 4.59. The fraction of sp³-hybridized carbons (Fsp3) is 0.211. The molecule has 2 rings (SSSR count). The smallest absolute Gasteiger partial charge is 0.282 e. The molecule has 0 spiro atoms. The maximum Gasteiger partial charge on any atom is 0.282 e. The molecule has 0 fully saturated rings. The van der Waals surface area contributed by atoms with Gasteiger partial charge in [-0.3, -0.25) is 35.9 Å². The van der Waals surface area contributed by atoms with Crippen molar-refractivity contribution in [3.63, 3.8) is 0 Å². The standard InChI is InChI=1S/C19H20N4O5S/c1-2-3-12-28-14-10-8-13(9-11-14)17(24)21-22-19(29)20-18(25)15-6-4-5-7-16(15)23(26)27/h4-11H,2-3,12H2,1H3,(H,21,24)(H2,20,22,25,29). The van der Waals surface area contributed by atoms with Crippen molar-refractivity contribution in [2.45, 2.75) is 19.8 Å². The van der Waals surface area contributed by atoms with Gasteiger partial charge in [-0.1, -0.05) is 25.5 Å². The van der Waals surface area contributed by atoms with Crippen LogP contribution in [0, 0.1) is 10.1 Å². The summed E-state index contributed by atoms with van der Waals surface area (Å²) in [6, 6.07) is 12.0. The molecule has 2 aromatic rings. The first-order valence-electron chi connectivity index (χ1n) is 8.80. The van der Waals surface area contributed by atoms with Gasteiger partial charge in [0, 0.05) is 11.6 Å². The molecule has 0 aliphatic carbocycles. The Morgan fingerprint density at radius 3 is 2.41 bits per heavy atom. The number of hydrazine groups is 1. The number of rotatable bonds is 7. The zero-order valence-electron chi connectivity index (χ0n) is 15.6. The number of amides is 2. The maximum atomic E-state index is 12.2. The number of carbonyl (C=O) groups is 2. The SMILES string of the molecule is CCCCOc1ccc(C(=O)NNC(=S)NC(=O)c2ccccc2[N+](=O)[O-])cc1. The van der Waals surface area contributed by atoms with Crippen molar-refractivity contribution >= 4 is 34.8 Å². The third kappa shape index (κ3) is 6.54. The van der Waals surface area contributed by atoms with E-state index in [0.717, 1.165) is 12.8 Å². The predicted molar refractivity (Wildman–Crippen MR) is 111 cm³/mol. The third-order valence-corrected chi connectivity index (χ3v) is 3.95. The number of nitrogens with one attached hydrogen (secondary N) is 3. The molecule has 10 heteroatoms. The summed E-state index contributed by atoms with van der Waals surface area (Å²) in [6.07, 6.45) is 1.97. The number of nitro benzene ring substituents is 1. The van der Waals surface area contributed by atoms with Gasteiger partial charge in [0.25, 0.3) is 17.5 Å². The van der Waals surface area contributed by atoms with Gasteiger partial charge in [0.2, 0.25) is 0 Å². The Morgan fingerprint density at radius 2 is 1.76 bits per heavy atom. The summed E-state index contributed by atoms with van der Waals surface area (Å²) in [5.74, 6) is -0.583. The highest BCUT2D eigenvalue weighted by molar-refractivity contribution is 7.80. The third-order valence-electron chi connectivity index (χ3n) is 3.75. The number of nitrogens with zero attached hydrogens (tertiary/aromatic N) is 1. The molecular formula is C19H20N4O5S. The Balaban J connectivity index is 1.86. The molecule has 0 saturated heterocycles. The molecule has 0 radical (unpaired) electrons. The van der Waals surface area contributed by atoms with Crippen LogP contribution in [0.25, 0.3) is 0 Å². The molecule has 152 valence electrons. The molecule has 0 aromatic heterocycles. The van der Waals surface area contributed by atoms with Crippen LogP contribution < -0.4 is 20.9 Å². The van der Waals surface area contributed by atoms with E-state index in [1.165, 1.54) is 24.3 Å². The lowest BCUT2D eigenvalue weighted by Crippen LogP contribution is -2.48. The average molecular weight is 416 g/mol. The van der Waals surface area contributed by atoms with Crippen LogP contribution in [-0.2, 0) is 0 Å². The van der Waals surface area contributed by atoms with E-state index < -0.39 is 16.7 Å². The molecular weight excluding hydrogens is 396 g/mol. The van der Waals surface area contributed by atoms with E-state index in [-0.39, 0.29) is 16.4 Å². The van der Waals surface area contributed by atoms with Crippen LogP contribution in [-0.4, -0.2) is 28.5 Å². The molecule has 0 aliphatic heterocycles. The highest BCUT2D eigenvalue weighted by atomic mass is 32.1. The topological polar surface area (TPSA) is 123 Å². The van der Waals surface area contributed by atoms with E-state index in [9.17, 15) is 19.7 Å². The summed E-state index contributed by atoms with van der Waals surface area (Å²) in [7, 11) is 0. The van der Waals surface area contributed by atoms with Crippen LogP contribution in [0.2, 0.25) is 0 Å². The Morgan fingerprint density at radius 1 is 1.07 bits per heavy atom. The Hall–Kier alpha value is -3.53. The summed E-state index contributed by atoms with van der Waals surface area (Å²) < 4.78 is 5.53. The summed E-state index contributed by atoms with van der Waals surface area (Å²) in [6.45, 7) is 2.68. The first kappa shape index (κ1) is 21.8. The summed E-state index contributed by atoms with van der Waals surface area (Å²) in [4.78, 5) is 34.6. The van der Waals surface area contributed by atoms with Gasteiger partial charge in [0.1, 0.15) is 11.3 Å². The van der Waals surface area contributed by atoms with E-state index >= 15 is 0 Å². The van der Waals surface area contributed by atoms with Crippen LogP contribution in [0.4, 0.5) is 5.69 Å². The number of hydrogen-bond donors (Lipinski definition) is 3. The minimum Gasteiger partial charge on any atom is -0.494 e. The molecule has 9 nitrogen and oxygen atoms in total. The summed E-state index contributed by atoms with van der Waals surface area (Å²) in [5, 5.41) is 13.1. The monoisotopic (exact) mass is 416 g/mol.